The zero-order valence-electron chi connectivity index (χ0n) is 15.6. The molecule has 0 aliphatic rings. The van der Waals surface area contributed by atoms with Gasteiger partial charge in [-0.15, -0.1) is 0 Å². The second-order valence-electron chi connectivity index (χ2n) is 6.86. The number of rotatable bonds is 7. The standard InChI is InChI=1S/C21H22F3NO3/c1-13-3-4-16(9-14(13)2)11-19(26)25-18(12-20(27)28)10-15-5-7-17(8-6-15)21(22,23)24/h3-9,18H,10-12H2,1-2H3,(H,25,26)(H,27,28). The second kappa shape index (κ2) is 8.91. The van der Waals surface area contributed by atoms with E-state index in [1.54, 1.807) is 0 Å². The van der Waals surface area contributed by atoms with E-state index in [1.807, 2.05) is 32.0 Å². The number of carbonyl (C=O) groups excluding carboxylic acids is 1. The number of carbonyl (C=O) groups is 2. The maximum absolute atomic E-state index is 12.7. The zero-order chi connectivity index (χ0) is 20.9. The number of halogens is 3. The van der Waals surface area contributed by atoms with E-state index in [9.17, 15) is 22.8 Å². The second-order valence-corrected chi connectivity index (χ2v) is 6.86. The number of aryl methyl sites for hydroxylation is 2. The summed E-state index contributed by atoms with van der Waals surface area (Å²) in [5, 5.41) is 11.8. The summed E-state index contributed by atoms with van der Waals surface area (Å²) < 4.78 is 38.0. The van der Waals surface area contributed by atoms with Gasteiger partial charge in [0.1, 0.15) is 0 Å². The highest BCUT2D eigenvalue weighted by Crippen LogP contribution is 2.29. The van der Waals surface area contributed by atoms with E-state index in [2.05, 4.69) is 5.32 Å². The molecule has 1 atom stereocenters. The third-order valence-electron chi connectivity index (χ3n) is 4.49. The molecule has 2 aromatic carbocycles. The Morgan fingerprint density at radius 3 is 2.14 bits per heavy atom. The third kappa shape index (κ3) is 6.40. The summed E-state index contributed by atoms with van der Waals surface area (Å²) in [6, 6.07) is 9.43. The molecule has 1 amide bonds. The van der Waals surface area contributed by atoms with Crippen molar-refractivity contribution < 1.29 is 27.9 Å². The van der Waals surface area contributed by atoms with Gasteiger partial charge in [-0.3, -0.25) is 9.59 Å². The van der Waals surface area contributed by atoms with Gasteiger partial charge in [0, 0.05) is 6.04 Å². The highest BCUT2D eigenvalue weighted by molar-refractivity contribution is 5.79. The van der Waals surface area contributed by atoms with Crippen LogP contribution in [0.1, 0.15) is 34.2 Å². The van der Waals surface area contributed by atoms with Crippen molar-refractivity contribution in [2.24, 2.45) is 0 Å². The van der Waals surface area contributed by atoms with Crippen molar-refractivity contribution in [3.63, 3.8) is 0 Å². The van der Waals surface area contributed by atoms with Crippen LogP contribution in [0.25, 0.3) is 0 Å². The van der Waals surface area contributed by atoms with E-state index in [0.29, 0.717) is 5.56 Å². The monoisotopic (exact) mass is 393 g/mol. The van der Waals surface area contributed by atoms with Gasteiger partial charge in [0.15, 0.2) is 0 Å². The van der Waals surface area contributed by atoms with Crippen LogP contribution in [0.3, 0.4) is 0 Å². The molecule has 2 N–H and O–H groups in total. The molecule has 0 radical (unpaired) electrons. The van der Waals surface area contributed by atoms with E-state index in [-0.39, 0.29) is 25.2 Å². The lowest BCUT2D eigenvalue weighted by molar-refractivity contribution is -0.138. The number of nitrogens with one attached hydrogen (secondary N) is 1. The molecule has 0 aromatic heterocycles. The van der Waals surface area contributed by atoms with E-state index in [0.717, 1.165) is 28.8 Å². The number of alkyl halides is 3. The van der Waals surface area contributed by atoms with Gasteiger partial charge in [-0.25, -0.2) is 0 Å². The van der Waals surface area contributed by atoms with Crippen LogP contribution in [0, 0.1) is 13.8 Å². The van der Waals surface area contributed by atoms with Crippen LogP contribution in [0.5, 0.6) is 0 Å². The Kier molecular flexibility index (Phi) is 6.83. The summed E-state index contributed by atoms with van der Waals surface area (Å²) in [5.41, 5.74) is 2.71. The van der Waals surface area contributed by atoms with Gasteiger partial charge in [0.2, 0.25) is 5.91 Å². The molecular weight excluding hydrogens is 371 g/mol. The van der Waals surface area contributed by atoms with Crippen molar-refractivity contribution in [3.05, 3.63) is 70.3 Å². The number of amides is 1. The molecule has 4 nitrogen and oxygen atoms in total. The first kappa shape index (κ1) is 21.5. The van der Waals surface area contributed by atoms with Crippen molar-refractivity contribution in [2.75, 3.05) is 0 Å². The van der Waals surface area contributed by atoms with Crippen LogP contribution in [-0.2, 0) is 28.6 Å². The summed E-state index contributed by atoms with van der Waals surface area (Å²) in [7, 11) is 0. The van der Waals surface area contributed by atoms with Crippen LogP contribution >= 0.6 is 0 Å². The van der Waals surface area contributed by atoms with Gasteiger partial charge in [-0.1, -0.05) is 30.3 Å². The van der Waals surface area contributed by atoms with Crippen LogP contribution in [0.2, 0.25) is 0 Å². The zero-order valence-corrected chi connectivity index (χ0v) is 15.6. The van der Waals surface area contributed by atoms with Crippen LogP contribution in [0.15, 0.2) is 42.5 Å². The van der Waals surface area contributed by atoms with Gasteiger partial charge in [0.25, 0.3) is 0 Å². The number of carboxylic acids is 1. The van der Waals surface area contributed by atoms with Crippen molar-refractivity contribution in [2.45, 2.75) is 45.3 Å². The molecule has 0 saturated heterocycles. The summed E-state index contributed by atoms with van der Waals surface area (Å²) in [5.74, 6) is -1.43. The quantitative estimate of drug-likeness (QED) is 0.745. The summed E-state index contributed by atoms with van der Waals surface area (Å²) >= 11 is 0. The lowest BCUT2D eigenvalue weighted by Crippen LogP contribution is -2.39. The average Bonchev–Trinajstić information content (AvgIpc) is 2.57. The first-order valence-corrected chi connectivity index (χ1v) is 8.78. The molecule has 7 heteroatoms. The lowest BCUT2D eigenvalue weighted by atomic mass is 10.0. The molecule has 0 fully saturated rings. The summed E-state index contributed by atoms with van der Waals surface area (Å²) in [6.45, 7) is 3.90. The molecule has 0 saturated carbocycles. The normalized spacial score (nSPS) is 12.5. The Morgan fingerprint density at radius 2 is 1.61 bits per heavy atom. The molecule has 1 unspecified atom stereocenters. The minimum atomic E-state index is -4.43. The molecule has 28 heavy (non-hydrogen) atoms. The minimum Gasteiger partial charge on any atom is -0.481 e. The van der Waals surface area contributed by atoms with E-state index >= 15 is 0 Å². The fraction of sp³-hybridized carbons (Fsp3) is 0.333. The fourth-order valence-electron chi connectivity index (χ4n) is 2.88. The van der Waals surface area contributed by atoms with Crippen molar-refractivity contribution in [3.8, 4) is 0 Å². The molecule has 0 aliphatic carbocycles. The van der Waals surface area contributed by atoms with Crippen LogP contribution in [0.4, 0.5) is 13.2 Å². The Morgan fingerprint density at radius 1 is 1.00 bits per heavy atom. The molecule has 150 valence electrons. The smallest absolute Gasteiger partial charge is 0.416 e. The molecule has 0 aliphatic heterocycles. The van der Waals surface area contributed by atoms with Gasteiger partial charge in [-0.05, 0) is 54.7 Å². The molecule has 0 heterocycles. The Labute approximate surface area is 161 Å². The number of hydrogen-bond donors (Lipinski definition) is 2. The van der Waals surface area contributed by atoms with E-state index < -0.39 is 23.8 Å². The highest BCUT2D eigenvalue weighted by Gasteiger charge is 2.30. The summed E-state index contributed by atoms with van der Waals surface area (Å²) in [4.78, 5) is 23.4. The number of carboxylic acid groups (broad SMARTS) is 1. The Bertz CT molecular complexity index is 845. The number of benzene rings is 2. The first-order valence-electron chi connectivity index (χ1n) is 8.78. The molecule has 0 bridgehead atoms. The predicted molar refractivity (Wildman–Crippen MR) is 99.0 cm³/mol. The Hall–Kier alpha value is -2.83. The molecule has 0 spiro atoms. The number of aliphatic carboxylic acids is 1. The average molecular weight is 393 g/mol. The van der Waals surface area contributed by atoms with E-state index in [1.165, 1.54) is 12.1 Å². The van der Waals surface area contributed by atoms with Crippen LogP contribution < -0.4 is 5.32 Å². The minimum absolute atomic E-state index is 0.101. The fourth-order valence-corrected chi connectivity index (χ4v) is 2.88. The maximum atomic E-state index is 12.7. The van der Waals surface area contributed by atoms with E-state index in [4.69, 9.17) is 5.11 Å². The summed E-state index contributed by atoms with van der Waals surface area (Å²) in [6.07, 6.45) is -4.52. The molecule has 2 aromatic rings. The molecular formula is C21H22F3NO3. The topological polar surface area (TPSA) is 66.4 Å². The maximum Gasteiger partial charge on any atom is 0.416 e. The van der Waals surface area contributed by atoms with Gasteiger partial charge < -0.3 is 10.4 Å². The van der Waals surface area contributed by atoms with Crippen LogP contribution in [-0.4, -0.2) is 23.0 Å². The third-order valence-corrected chi connectivity index (χ3v) is 4.49. The van der Waals surface area contributed by atoms with Gasteiger partial charge in [-0.2, -0.15) is 13.2 Å². The SMILES string of the molecule is Cc1ccc(CC(=O)NC(CC(=O)O)Cc2ccc(C(F)(F)F)cc2)cc1C. The largest absolute Gasteiger partial charge is 0.481 e. The van der Waals surface area contributed by atoms with Crippen molar-refractivity contribution in [1.29, 1.82) is 0 Å². The Balaban J connectivity index is 2.05. The first-order chi connectivity index (χ1) is 13.0. The van der Waals surface area contributed by atoms with Gasteiger partial charge in [0.05, 0.1) is 18.4 Å². The highest BCUT2D eigenvalue weighted by atomic mass is 19.4. The number of hydrogen-bond acceptors (Lipinski definition) is 2. The van der Waals surface area contributed by atoms with Crippen molar-refractivity contribution in [1.82, 2.24) is 5.32 Å². The van der Waals surface area contributed by atoms with Crippen molar-refractivity contribution >= 4 is 11.9 Å². The van der Waals surface area contributed by atoms with Gasteiger partial charge >= 0.3 is 12.1 Å². The predicted octanol–water partition coefficient (Wildman–Crippen LogP) is 4.07. The lowest BCUT2D eigenvalue weighted by Gasteiger charge is -2.18. The molecule has 2 rings (SSSR count).